The Kier molecular flexibility index (Phi) is 3.68. The van der Waals surface area contributed by atoms with Gasteiger partial charge in [-0.25, -0.2) is 4.31 Å². The van der Waals surface area contributed by atoms with E-state index < -0.39 is 0 Å². The van der Waals surface area contributed by atoms with Crippen molar-refractivity contribution in [1.29, 1.82) is 0 Å². The summed E-state index contributed by atoms with van der Waals surface area (Å²) in [4.78, 5) is 9.90. The Balaban J connectivity index is 2.12. The van der Waals surface area contributed by atoms with Gasteiger partial charge in [0.15, 0.2) is 0 Å². The first-order valence-corrected chi connectivity index (χ1v) is 4.39. The lowest BCUT2D eigenvalue weighted by Gasteiger charge is -2.27. The van der Waals surface area contributed by atoms with Crippen molar-refractivity contribution in [2.45, 2.75) is 18.9 Å². The van der Waals surface area contributed by atoms with E-state index in [0.29, 0.717) is 6.41 Å². The van der Waals surface area contributed by atoms with Crippen LogP contribution in [0.3, 0.4) is 0 Å². The second-order valence-electron chi connectivity index (χ2n) is 2.49. The molecule has 1 rings (SSSR count). The van der Waals surface area contributed by atoms with Crippen molar-refractivity contribution in [3.8, 4) is 0 Å². The van der Waals surface area contributed by atoms with E-state index in [1.807, 2.05) is 4.31 Å². The van der Waals surface area contributed by atoms with Crippen LogP contribution in [0.25, 0.3) is 0 Å². The largest absolute Gasteiger partial charge is 0.393 e. The van der Waals surface area contributed by atoms with E-state index >= 15 is 0 Å². The molecule has 0 radical (unpaired) electrons. The lowest BCUT2D eigenvalue weighted by Crippen LogP contribution is -2.33. The van der Waals surface area contributed by atoms with Gasteiger partial charge < -0.3 is 5.11 Å². The monoisotopic (exact) mass is 176 g/mol. The molecule has 5 heteroatoms. The fourth-order valence-electron chi connectivity index (χ4n) is 1.03. The second-order valence-corrected chi connectivity index (χ2v) is 3.42. The first-order chi connectivity index (χ1) is 5.33. The number of nitrogens with one attached hydrogen (secondary N) is 1. The fourth-order valence-corrected chi connectivity index (χ4v) is 1.62. The van der Waals surface area contributed by atoms with Crippen molar-refractivity contribution in [3.05, 3.63) is 0 Å². The zero-order valence-electron chi connectivity index (χ0n) is 6.19. The van der Waals surface area contributed by atoms with E-state index in [1.165, 1.54) is 12.1 Å². The molecule has 0 bridgehead atoms. The highest BCUT2D eigenvalue weighted by Crippen LogP contribution is 2.15. The average Bonchev–Trinajstić information content (AvgIpc) is 2.04. The molecule has 0 aliphatic carbocycles. The Morgan fingerprint density at radius 1 is 1.55 bits per heavy atom. The summed E-state index contributed by atoms with van der Waals surface area (Å²) in [6.07, 6.45) is 2.11. The number of hydrogen-bond acceptors (Lipinski definition) is 4. The minimum atomic E-state index is -0.150. The smallest absolute Gasteiger partial charge is 0.217 e. The maximum absolute atomic E-state index is 9.90. The molecule has 0 saturated carbocycles. The predicted molar refractivity (Wildman–Crippen MR) is 43.6 cm³/mol. The number of piperidine rings is 1. The quantitative estimate of drug-likeness (QED) is 0.460. The summed E-state index contributed by atoms with van der Waals surface area (Å²) in [6, 6.07) is 0. The molecule has 0 unspecified atom stereocenters. The summed E-state index contributed by atoms with van der Waals surface area (Å²) in [5.74, 6) is 0. The van der Waals surface area contributed by atoms with Crippen LogP contribution in [0.15, 0.2) is 0 Å². The van der Waals surface area contributed by atoms with Gasteiger partial charge in [0.1, 0.15) is 0 Å². The van der Waals surface area contributed by atoms with Crippen LogP contribution in [0, 0.1) is 0 Å². The number of hydrogen-bond donors (Lipinski definition) is 2. The van der Waals surface area contributed by atoms with Crippen LogP contribution in [0.4, 0.5) is 0 Å². The maximum Gasteiger partial charge on any atom is 0.217 e. The Morgan fingerprint density at radius 3 is 2.73 bits per heavy atom. The Labute approximate surface area is 70.2 Å². The van der Waals surface area contributed by atoms with Crippen LogP contribution in [-0.4, -0.2) is 35.0 Å². The predicted octanol–water partition coefficient (Wildman–Crippen LogP) is -0.248. The van der Waals surface area contributed by atoms with Gasteiger partial charge in [0, 0.05) is 25.2 Å². The molecule has 2 N–H and O–H groups in total. The Hall–Kier alpha value is -0.260. The second kappa shape index (κ2) is 4.58. The van der Waals surface area contributed by atoms with Gasteiger partial charge in [-0.1, -0.05) is 0 Å². The van der Waals surface area contributed by atoms with E-state index in [1.54, 1.807) is 0 Å². The van der Waals surface area contributed by atoms with Crippen LogP contribution in [-0.2, 0) is 4.79 Å². The highest BCUT2D eigenvalue weighted by molar-refractivity contribution is 7.95. The normalized spacial score (nSPS) is 21.5. The number of rotatable bonds is 3. The zero-order valence-corrected chi connectivity index (χ0v) is 7.01. The third-order valence-corrected chi connectivity index (χ3v) is 2.48. The zero-order chi connectivity index (χ0) is 8.10. The number of nitrogens with zero attached hydrogens (tertiary/aromatic N) is 1. The molecule has 1 fully saturated rings. The molecule has 0 spiro atoms. The Bertz CT molecular complexity index is 126. The molecule has 1 aliphatic rings. The first-order valence-electron chi connectivity index (χ1n) is 3.62. The van der Waals surface area contributed by atoms with Crippen molar-refractivity contribution in [2.24, 2.45) is 0 Å². The molecule has 1 saturated heterocycles. The maximum atomic E-state index is 9.90. The van der Waals surface area contributed by atoms with Crippen molar-refractivity contribution in [3.63, 3.8) is 0 Å². The van der Waals surface area contributed by atoms with Crippen LogP contribution >= 0.6 is 12.1 Å². The summed E-state index contributed by atoms with van der Waals surface area (Å²) in [5, 5.41) is 9.13. The molecule has 1 amide bonds. The van der Waals surface area contributed by atoms with Gasteiger partial charge in [-0.15, -0.1) is 0 Å². The van der Waals surface area contributed by atoms with Gasteiger partial charge in [-0.3, -0.25) is 9.52 Å². The lowest BCUT2D eigenvalue weighted by molar-refractivity contribution is -0.107. The third-order valence-electron chi connectivity index (χ3n) is 1.65. The first kappa shape index (κ1) is 8.83. The van der Waals surface area contributed by atoms with Gasteiger partial charge >= 0.3 is 0 Å². The molecule has 1 heterocycles. The molecular formula is C6H12N2O2S. The molecule has 0 aromatic carbocycles. The molecule has 0 atom stereocenters. The Morgan fingerprint density at radius 2 is 2.18 bits per heavy atom. The van der Waals surface area contributed by atoms with E-state index in [9.17, 15) is 4.79 Å². The van der Waals surface area contributed by atoms with Crippen LogP contribution in [0.1, 0.15) is 12.8 Å². The minimum Gasteiger partial charge on any atom is -0.393 e. The summed E-state index contributed by atoms with van der Waals surface area (Å²) in [6.45, 7) is 1.68. The number of aliphatic hydroxyl groups is 1. The topological polar surface area (TPSA) is 52.6 Å². The van der Waals surface area contributed by atoms with Crippen molar-refractivity contribution in [2.75, 3.05) is 13.1 Å². The van der Waals surface area contributed by atoms with E-state index in [2.05, 4.69) is 4.72 Å². The molecular weight excluding hydrogens is 164 g/mol. The minimum absolute atomic E-state index is 0.150. The van der Waals surface area contributed by atoms with E-state index in [0.717, 1.165) is 25.9 Å². The molecule has 64 valence electrons. The van der Waals surface area contributed by atoms with Gasteiger partial charge in [0.2, 0.25) is 6.41 Å². The summed E-state index contributed by atoms with van der Waals surface area (Å²) < 4.78 is 4.54. The average molecular weight is 176 g/mol. The molecule has 0 aromatic heterocycles. The third kappa shape index (κ3) is 3.09. The number of amides is 1. The molecule has 0 aromatic rings. The SMILES string of the molecule is O=CNSN1CCC(O)CC1. The lowest BCUT2D eigenvalue weighted by atomic mass is 10.1. The molecule has 1 aliphatic heterocycles. The van der Waals surface area contributed by atoms with Crippen LogP contribution in [0.5, 0.6) is 0 Å². The van der Waals surface area contributed by atoms with Gasteiger partial charge in [-0.2, -0.15) is 0 Å². The number of carbonyl (C=O) groups is 1. The van der Waals surface area contributed by atoms with Crippen molar-refractivity contribution in [1.82, 2.24) is 9.03 Å². The van der Waals surface area contributed by atoms with Crippen LogP contribution in [0.2, 0.25) is 0 Å². The summed E-state index contributed by atoms with van der Waals surface area (Å²) >= 11 is 1.30. The van der Waals surface area contributed by atoms with Crippen LogP contribution < -0.4 is 4.72 Å². The molecule has 11 heavy (non-hydrogen) atoms. The van der Waals surface area contributed by atoms with Gasteiger partial charge in [0.25, 0.3) is 0 Å². The highest BCUT2D eigenvalue weighted by Gasteiger charge is 2.16. The van der Waals surface area contributed by atoms with Crippen molar-refractivity contribution >= 4 is 18.5 Å². The summed E-state index contributed by atoms with van der Waals surface area (Å²) in [7, 11) is 0. The molecule has 4 nitrogen and oxygen atoms in total. The fraction of sp³-hybridized carbons (Fsp3) is 0.833. The number of aliphatic hydroxyl groups excluding tert-OH is 1. The van der Waals surface area contributed by atoms with E-state index in [-0.39, 0.29) is 6.10 Å². The van der Waals surface area contributed by atoms with E-state index in [4.69, 9.17) is 5.11 Å². The standard InChI is InChI=1S/C6H12N2O2S/c9-5-7-11-8-3-1-6(10)2-4-8/h5-6,10H,1-4H2,(H,7,9). The number of carbonyl (C=O) groups excluding carboxylic acids is 1. The highest BCUT2D eigenvalue weighted by atomic mass is 32.2. The van der Waals surface area contributed by atoms with Gasteiger partial charge in [-0.05, 0) is 12.8 Å². The summed E-state index contributed by atoms with van der Waals surface area (Å²) in [5.41, 5.74) is 0. The van der Waals surface area contributed by atoms with Gasteiger partial charge in [0.05, 0.1) is 6.10 Å². The van der Waals surface area contributed by atoms with Crippen molar-refractivity contribution < 1.29 is 9.90 Å².